The summed E-state index contributed by atoms with van der Waals surface area (Å²) in [6, 6.07) is 7.51. The number of aryl methyl sites for hydroxylation is 1. The van der Waals surface area contributed by atoms with Gasteiger partial charge in [0.25, 0.3) is 5.91 Å². The maximum Gasteiger partial charge on any atom is 0.276 e. The van der Waals surface area contributed by atoms with E-state index in [-0.39, 0.29) is 11.4 Å². The van der Waals surface area contributed by atoms with Gasteiger partial charge in [0.1, 0.15) is 5.82 Å². The molecule has 0 saturated carbocycles. The van der Waals surface area contributed by atoms with Crippen LogP contribution in [0.2, 0.25) is 0 Å². The van der Waals surface area contributed by atoms with Gasteiger partial charge in [-0.25, -0.2) is 9.37 Å². The van der Waals surface area contributed by atoms with E-state index in [0.29, 0.717) is 5.69 Å². The molecule has 2 aromatic rings. The zero-order chi connectivity index (χ0) is 13.1. The van der Waals surface area contributed by atoms with Crippen LogP contribution in [0.5, 0.6) is 0 Å². The summed E-state index contributed by atoms with van der Waals surface area (Å²) >= 11 is 0. The molecule has 0 saturated heterocycles. The van der Waals surface area contributed by atoms with Gasteiger partial charge in [-0.15, -0.1) is 0 Å². The quantitative estimate of drug-likeness (QED) is 0.853. The standard InChI is InChI=1S/C13H12FN3O/c1-8-5-9(14)7-10(6-8)17-13(18)12-11(15)3-2-4-16-12/h2-7H,15H2,1H3,(H,17,18). The predicted octanol–water partition coefficient (Wildman–Crippen LogP) is 2.36. The molecule has 1 heterocycles. The lowest BCUT2D eigenvalue weighted by Gasteiger charge is -2.07. The summed E-state index contributed by atoms with van der Waals surface area (Å²) < 4.78 is 13.2. The van der Waals surface area contributed by atoms with E-state index in [9.17, 15) is 9.18 Å². The average Bonchev–Trinajstić information content (AvgIpc) is 2.27. The topological polar surface area (TPSA) is 68.0 Å². The van der Waals surface area contributed by atoms with Crippen molar-refractivity contribution in [2.45, 2.75) is 6.92 Å². The number of hydrogen-bond acceptors (Lipinski definition) is 3. The van der Waals surface area contributed by atoms with Crippen molar-refractivity contribution in [1.29, 1.82) is 0 Å². The van der Waals surface area contributed by atoms with Gasteiger partial charge in [0.2, 0.25) is 0 Å². The molecule has 0 spiro atoms. The van der Waals surface area contributed by atoms with Crippen LogP contribution in [0.4, 0.5) is 15.8 Å². The molecule has 0 unspecified atom stereocenters. The highest BCUT2D eigenvalue weighted by atomic mass is 19.1. The molecule has 0 aliphatic carbocycles. The fraction of sp³-hybridized carbons (Fsp3) is 0.0769. The molecule has 4 nitrogen and oxygen atoms in total. The highest BCUT2D eigenvalue weighted by Gasteiger charge is 2.11. The SMILES string of the molecule is Cc1cc(F)cc(NC(=O)c2ncccc2N)c1. The first kappa shape index (κ1) is 12.0. The summed E-state index contributed by atoms with van der Waals surface area (Å²) in [5.74, 6) is -0.864. The molecule has 1 aromatic carbocycles. The van der Waals surface area contributed by atoms with Crippen molar-refractivity contribution in [3.05, 3.63) is 53.6 Å². The molecule has 3 N–H and O–H groups in total. The Morgan fingerprint density at radius 3 is 2.83 bits per heavy atom. The molecule has 0 atom stereocenters. The number of pyridine rings is 1. The van der Waals surface area contributed by atoms with Crippen molar-refractivity contribution in [3.8, 4) is 0 Å². The Kier molecular flexibility index (Phi) is 3.23. The monoisotopic (exact) mass is 245 g/mol. The number of nitrogens with two attached hydrogens (primary N) is 1. The van der Waals surface area contributed by atoms with Crippen LogP contribution in [0.25, 0.3) is 0 Å². The number of nitrogens with one attached hydrogen (secondary N) is 1. The Morgan fingerprint density at radius 2 is 2.17 bits per heavy atom. The Bertz CT molecular complexity index is 578. The highest BCUT2D eigenvalue weighted by molar-refractivity contribution is 6.06. The van der Waals surface area contributed by atoms with Crippen molar-refractivity contribution >= 4 is 17.3 Å². The number of nitrogen functional groups attached to an aromatic ring is 1. The van der Waals surface area contributed by atoms with Gasteiger partial charge in [0.15, 0.2) is 5.69 Å². The van der Waals surface area contributed by atoms with Crippen LogP contribution in [0.3, 0.4) is 0 Å². The maximum absolute atomic E-state index is 13.2. The van der Waals surface area contributed by atoms with E-state index in [4.69, 9.17) is 5.73 Å². The van der Waals surface area contributed by atoms with Gasteiger partial charge in [0.05, 0.1) is 5.69 Å². The minimum atomic E-state index is -0.460. The molecule has 1 aromatic heterocycles. The summed E-state index contributed by atoms with van der Waals surface area (Å²) in [6.45, 7) is 1.74. The molecule has 1 amide bonds. The lowest BCUT2D eigenvalue weighted by Crippen LogP contribution is -2.15. The third-order valence-electron chi connectivity index (χ3n) is 2.35. The molecule has 5 heteroatoms. The van der Waals surface area contributed by atoms with Crippen molar-refractivity contribution in [3.63, 3.8) is 0 Å². The van der Waals surface area contributed by atoms with E-state index in [1.165, 1.54) is 18.3 Å². The van der Waals surface area contributed by atoms with Crippen LogP contribution in [-0.4, -0.2) is 10.9 Å². The minimum absolute atomic E-state index is 0.124. The summed E-state index contributed by atoms with van der Waals surface area (Å²) in [4.78, 5) is 15.8. The fourth-order valence-electron chi connectivity index (χ4n) is 1.61. The van der Waals surface area contributed by atoms with E-state index in [1.807, 2.05) is 0 Å². The minimum Gasteiger partial charge on any atom is -0.397 e. The van der Waals surface area contributed by atoms with Gasteiger partial charge in [-0.1, -0.05) is 0 Å². The fourth-order valence-corrected chi connectivity index (χ4v) is 1.61. The summed E-state index contributed by atoms with van der Waals surface area (Å²) in [6.07, 6.45) is 1.47. The van der Waals surface area contributed by atoms with E-state index in [2.05, 4.69) is 10.3 Å². The van der Waals surface area contributed by atoms with Crippen LogP contribution in [0.15, 0.2) is 36.5 Å². The largest absolute Gasteiger partial charge is 0.397 e. The molecule has 2 rings (SSSR count). The molecule has 92 valence electrons. The molecular formula is C13H12FN3O. The number of benzene rings is 1. The summed E-state index contributed by atoms with van der Waals surface area (Å²) in [5.41, 5.74) is 7.14. The number of amides is 1. The van der Waals surface area contributed by atoms with Crippen LogP contribution < -0.4 is 11.1 Å². The molecule has 0 aliphatic heterocycles. The molecular weight excluding hydrogens is 233 g/mol. The van der Waals surface area contributed by atoms with E-state index < -0.39 is 11.7 Å². The van der Waals surface area contributed by atoms with Crippen molar-refractivity contribution < 1.29 is 9.18 Å². The number of nitrogens with zero attached hydrogens (tertiary/aromatic N) is 1. The van der Waals surface area contributed by atoms with Crippen LogP contribution >= 0.6 is 0 Å². The number of hydrogen-bond donors (Lipinski definition) is 2. The van der Waals surface area contributed by atoms with Crippen LogP contribution in [0.1, 0.15) is 16.1 Å². The van der Waals surface area contributed by atoms with Crippen molar-refractivity contribution in [2.24, 2.45) is 0 Å². The van der Waals surface area contributed by atoms with E-state index in [0.717, 1.165) is 5.56 Å². The second kappa shape index (κ2) is 4.83. The second-order valence-corrected chi connectivity index (χ2v) is 3.91. The number of carbonyl (C=O) groups excluding carboxylic acids is 1. The zero-order valence-electron chi connectivity index (χ0n) is 9.77. The molecule has 0 aliphatic rings. The smallest absolute Gasteiger partial charge is 0.276 e. The van der Waals surface area contributed by atoms with Crippen LogP contribution in [-0.2, 0) is 0 Å². The van der Waals surface area contributed by atoms with Gasteiger partial charge >= 0.3 is 0 Å². The second-order valence-electron chi connectivity index (χ2n) is 3.91. The molecule has 0 radical (unpaired) electrons. The third-order valence-corrected chi connectivity index (χ3v) is 2.35. The lowest BCUT2D eigenvalue weighted by molar-refractivity contribution is 0.102. The molecule has 0 bridgehead atoms. The highest BCUT2D eigenvalue weighted by Crippen LogP contribution is 2.15. The van der Waals surface area contributed by atoms with Gasteiger partial charge in [0, 0.05) is 11.9 Å². The average molecular weight is 245 g/mol. The van der Waals surface area contributed by atoms with Gasteiger partial charge < -0.3 is 11.1 Å². The first-order chi connectivity index (χ1) is 8.56. The number of aromatic nitrogens is 1. The number of anilines is 2. The molecule has 18 heavy (non-hydrogen) atoms. The lowest BCUT2D eigenvalue weighted by atomic mass is 10.2. The Morgan fingerprint density at radius 1 is 1.39 bits per heavy atom. The summed E-state index contributed by atoms with van der Waals surface area (Å²) in [7, 11) is 0. The Hall–Kier alpha value is -2.43. The summed E-state index contributed by atoms with van der Waals surface area (Å²) in [5, 5.41) is 2.56. The maximum atomic E-state index is 13.2. The number of carbonyl (C=O) groups is 1. The normalized spacial score (nSPS) is 10.1. The van der Waals surface area contributed by atoms with Gasteiger partial charge in [-0.2, -0.15) is 0 Å². The first-order valence-electron chi connectivity index (χ1n) is 5.35. The number of rotatable bonds is 2. The Balaban J connectivity index is 2.24. The van der Waals surface area contributed by atoms with Crippen LogP contribution in [0, 0.1) is 12.7 Å². The zero-order valence-corrected chi connectivity index (χ0v) is 9.77. The molecule has 0 fully saturated rings. The Labute approximate surface area is 104 Å². The van der Waals surface area contributed by atoms with E-state index in [1.54, 1.807) is 25.1 Å². The van der Waals surface area contributed by atoms with Gasteiger partial charge in [-0.3, -0.25) is 4.79 Å². The van der Waals surface area contributed by atoms with Gasteiger partial charge in [-0.05, 0) is 42.8 Å². The van der Waals surface area contributed by atoms with E-state index >= 15 is 0 Å². The van der Waals surface area contributed by atoms with Crippen molar-refractivity contribution in [1.82, 2.24) is 4.98 Å². The van der Waals surface area contributed by atoms with Crippen molar-refractivity contribution in [2.75, 3.05) is 11.1 Å². The predicted molar refractivity (Wildman–Crippen MR) is 67.7 cm³/mol. The number of halogens is 1. The third kappa shape index (κ3) is 2.63. The first-order valence-corrected chi connectivity index (χ1v) is 5.35.